The molecule has 10 heteroatoms. The van der Waals surface area contributed by atoms with Crippen LogP contribution in [0.3, 0.4) is 0 Å². The second-order valence-corrected chi connectivity index (χ2v) is 8.42. The molecule has 1 saturated heterocycles. The van der Waals surface area contributed by atoms with E-state index in [9.17, 15) is 23.9 Å². The van der Waals surface area contributed by atoms with Gasteiger partial charge in [0.15, 0.2) is 11.4 Å². The van der Waals surface area contributed by atoms with E-state index < -0.39 is 28.8 Å². The van der Waals surface area contributed by atoms with Crippen LogP contribution in [0.25, 0.3) is 0 Å². The predicted molar refractivity (Wildman–Crippen MR) is 112 cm³/mol. The molecular formula is C21H22ClFN4O4. The SMILES string of the molecule is C[C@H]1CC[C@H]2N(C)C(=O)c3c(O)c(=O)c(C(=O)NCc4cccc(Cl)c4F)cn3N2C1. The molecule has 0 spiro atoms. The number of hydrogen-bond donors (Lipinski definition) is 2. The van der Waals surface area contributed by atoms with Crippen LogP contribution in [-0.4, -0.2) is 46.3 Å². The monoisotopic (exact) mass is 448 g/mol. The van der Waals surface area contributed by atoms with E-state index >= 15 is 0 Å². The Morgan fingerprint density at radius 2 is 2.06 bits per heavy atom. The van der Waals surface area contributed by atoms with Crippen molar-refractivity contribution in [3.63, 3.8) is 0 Å². The van der Waals surface area contributed by atoms with Crippen LogP contribution < -0.4 is 15.8 Å². The Morgan fingerprint density at radius 1 is 1.32 bits per heavy atom. The lowest BCUT2D eigenvalue weighted by Crippen LogP contribution is -2.63. The van der Waals surface area contributed by atoms with E-state index in [1.165, 1.54) is 27.9 Å². The maximum absolute atomic E-state index is 14.1. The Labute approximate surface area is 182 Å². The lowest BCUT2D eigenvalue weighted by molar-refractivity contribution is 0.0566. The first-order valence-electron chi connectivity index (χ1n) is 9.94. The zero-order valence-electron chi connectivity index (χ0n) is 17.1. The Kier molecular flexibility index (Phi) is 5.38. The summed E-state index contributed by atoms with van der Waals surface area (Å²) < 4.78 is 15.5. The summed E-state index contributed by atoms with van der Waals surface area (Å²) in [5, 5.41) is 14.8. The standard InChI is InChI=1S/C21H22ClFN4O4/c1-11-6-7-15-25(2)21(31)17-19(29)18(28)13(10-27(17)26(15)9-11)20(30)24-8-12-4-3-5-14(22)16(12)23/h3-5,10-11,15,29H,6-9H2,1-2H3,(H,24,30)/t11-,15-/m0/s1. The minimum atomic E-state index is -0.958. The third-order valence-corrected chi connectivity index (χ3v) is 6.18. The number of pyridine rings is 1. The molecule has 2 aliphatic heterocycles. The maximum atomic E-state index is 14.1. The number of fused-ring (bicyclic) bond motifs is 3. The zero-order valence-corrected chi connectivity index (χ0v) is 17.8. The van der Waals surface area contributed by atoms with E-state index in [0.717, 1.165) is 12.8 Å². The van der Waals surface area contributed by atoms with Crippen molar-refractivity contribution >= 4 is 23.4 Å². The summed E-state index contributed by atoms with van der Waals surface area (Å²) >= 11 is 5.76. The first-order valence-corrected chi connectivity index (χ1v) is 10.3. The lowest BCUT2D eigenvalue weighted by Gasteiger charge is -2.49. The molecule has 3 heterocycles. The molecule has 2 aromatic rings. The number of hydrogen-bond acceptors (Lipinski definition) is 5. The second kappa shape index (κ2) is 7.88. The third kappa shape index (κ3) is 3.52. The summed E-state index contributed by atoms with van der Waals surface area (Å²) in [5.74, 6) is -2.39. The number of piperidine rings is 1. The van der Waals surface area contributed by atoms with Crippen molar-refractivity contribution in [2.45, 2.75) is 32.5 Å². The average Bonchev–Trinajstić information content (AvgIpc) is 2.74. The van der Waals surface area contributed by atoms with Crippen LogP contribution in [0.1, 0.15) is 46.2 Å². The molecule has 1 fully saturated rings. The number of halogens is 2. The summed E-state index contributed by atoms with van der Waals surface area (Å²) in [6, 6.07) is 4.40. The van der Waals surface area contributed by atoms with Gasteiger partial charge in [-0.25, -0.2) is 4.39 Å². The van der Waals surface area contributed by atoms with Gasteiger partial charge in [0.1, 0.15) is 17.5 Å². The van der Waals surface area contributed by atoms with Gasteiger partial charge in [0.25, 0.3) is 11.8 Å². The van der Waals surface area contributed by atoms with Crippen molar-refractivity contribution < 1.29 is 19.1 Å². The Bertz CT molecular complexity index is 1140. The number of amides is 2. The van der Waals surface area contributed by atoms with Crippen LogP contribution in [-0.2, 0) is 6.54 Å². The minimum Gasteiger partial charge on any atom is -0.502 e. The van der Waals surface area contributed by atoms with E-state index in [2.05, 4.69) is 12.2 Å². The van der Waals surface area contributed by atoms with E-state index in [1.807, 2.05) is 5.01 Å². The van der Waals surface area contributed by atoms with Gasteiger partial charge in [-0.1, -0.05) is 30.7 Å². The van der Waals surface area contributed by atoms with E-state index in [0.29, 0.717) is 12.5 Å². The van der Waals surface area contributed by atoms with Crippen LogP contribution >= 0.6 is 11.6 Å². The summed E-state index contributed by atoms with van der Waals surface area (Å²) in [7, 11) is 1.63. The van der Waals surface area contributed by atoms with Gasteiger partial charge in [0, 0.05) is 31.9 Å². The first-order chi connectivity index (χ1) is 14.7. The molecule has 8 nitrogen and oxygen atoms in total. The summed E-state index contributed by atoms with van der Waals surface area (Å²) in [6.07, 6.45) is 2.69. The smallest absolute Gasteiger partial charge is 0.277 e. The van der Waals surface area contributed by atoms with Crippen LogP contribution in [0.5, 0.6) is 5.75 Å². The Balaban J connectivity index is 1.70. The second-order valence-electron chi connectivity index (χ2n) is 8.01. The number of benzene rings is 1. The number of nitrogens with zero attached hydrogens (tertiary/aromatic N) is 3. The molecule has 2 atom stereocenters. The fourth-order valence-electron chi connectivity index (χ4n) is 4.15. The van der Waals surface area contributed by atoms with E-state index in [1.54, 1.807) is 13.1 Å². The quantitative estimate of drug-likeness (QED) is 0.749. The molecule has 0 bridgehead atoms. The molecule has 2 aliphatic rings. The van der Waals surface area contributed by atoms with E-state index in [4.69, 9.17) is 11.6 Å². The van der Waals surface area contributed by atoms with Crippen LogP contribution in [0, 0.1) is 11.7 Å². The number of nitrogens with one attached hydrogen (secondary N) is 1. The summed E-state index contributed by atoms with van der Waals surface area (Å²) in [4.78, 5) is 39.7. The number of carbonyl (C=O) groups excluding carboxylic acids is 2. The number of aromatic nitrogens is 1. The molecule has 1 aromatic carbocycles. The fraction of sp³-hybridized carbons (Fsp3) is 0.381. The zero-order chi connectivity index (χ0) is 22.4. The van der Waals surface area contributed by atoms with Crippen molar-refractivity contribution in [1.82, 2.24) is 14.9 Å². The minimum absolute atomic E-state index is 0.0777. The molecular weight excluding hydrogens is 427 g/mol. The molecule has 0 unspecified atom stereocenters. The Morgan fingerprint density at radius 3 is 2.81 bits per heavy atom. The predicted octanol–water partition coefficient (Wildman–Crippen LogP) is 2.06. The molecule has 4 rings (SSSR count). The van der Waals surface area contributed by atoms with Gasteiger partial charge >= 0.3 is 0 Å². The summed E-state index contributed by atoms with van der Waals surface area (Å²) in [5.41, 5.74) is -1.31. The van der Waals surface area contributed by atoms with Gasteiger partial charge < -0.3 is 15.3 Å². The van der Waals surface area contributed by atoms with Crippen LogP contribution in [0.4, 0.5) is 4.39 Å². The maximum Gasteiger partial charge on any atom is 0.277 e. The van der Waals surface area contributed by atoms with Gasteiger partial charge in [0.2, 0.25) is 5.43 Å². The van der Waals surface area contributed by atoms with Gasteiger partial charge in [0.05, 0.1) is 5.02 Å². The molecule has 31 heavy (non-hydrogen) atoms. The van der Waals surface area contributed by atoms with Gasteiger partial charge in [-0.15, -0.1) is 0 Å². The molecule has 1 aromatic heterocycles. The van der Waals surface area contributed by atoms with Crippen molar-refractivity contribution in [2.75, 3.05) is 18.6 Å². The highest BCUT2D eigenvalue weighted by Crippen LogP contribution is 2.30. The fourth-order valence-corrected chi connectivity index (χ4v) is 4.34. The molecule has 2 amide bonds. The van der Waals surface area contributed by atoms with Crippen LogP contribution in [0.2, 0.25) is 5.02 Å². The van der Waals surface area contributed by atoms with Crippen molar-refractivity contribution in [1.29, 1.82) is 0 Å². The van der Waals surface area contributed by atoms with Gasteiger partial charge in [-0.05, 0) is 24.8 Å². The number of carbonyl (C=O) groups is 2. The topological polar surface area (TPSA) is 94.9 Å². The largest absolute Gasteiger partial charge is 0.502 e. The molecule has 164 valence electrons. The highest BCUT2D eigenvalue weighted by molar-refractivity contribution is 6.30. The van der Waals surface area contributed by atoms with Crippen LogP contribution in [0.15, 0.2) is 29.2 Å². The van der Waals surface area contributed by atoms with Crippen molar-refractivity contribution in [2.24, 2.45) is 5.92 Å². The van der Waals surface area contributed by atoms with Gasteiger partial charge in [-0.2, -0.15) is 0 Å². The van der Waals surface area contributed by atoms with Crippen molar-refractivity contribution in [3.8, 4) is 5.75 Å². The molecule has 0 aliphatic carbocycles. The molecule has 0 saturated carbocycles. The normalized spacial score (nSPS) is 20.3. The molecule has 2 N–H and O–H groups in total. The summed E-state index contributed by atoms with van der Waals surface area (Å²) in [6.45, 7) is 2.46. The third-order valence-electron chi connectivity index (χ3n) is 5.89. The Hall–Kier alpha value is -3.07. The lowest BCUT2D eigenvalue weighted by atomic mass is 9.97. The van der Waals surface area contributed by atoms with Crippen molar-refractivity contribution in [3.05, 3.63) is 62.3 Å². The highest BCUT2D eigenvalue weighted by Gasteiger charge is 2.41. The first kappa shape index (κ1) is 21.2. The molecule has 0 radical (unpaired) electrons. The van der Waals surface area contributed by atoms with Gasteiger partial charge in [-0.3, -0.25) is 24.1 Å². The average molecular weight is 449 g/mol. The van der Waals surface area contributed by atoms with E-state index in [-0.39, 0.29) is 34.6 Å². The highest BCUT2D eigenvalue weighted by atomic mass is 35.5. The number of rotatable bonds is 3. The number of aromatic hydroxyl groups is 1.